The van der Waals surface area contributed by atoms with Gasteiger partial charge in [-0.3, -0.25) is 4.79 Å². The van der Waals surface area contributed by atoms with Crippen LogP contribution in [-0.4, -0.2) is 56.4 Å². The molecule has 1 amide bonds. The van der Waals surface area contributed by atoms with Crippen LogP contribution < -0.4 is 5.32 Å². The fraction of sp³-hybridized carbons (Fsp3) is 0.917. The number of rotatable bonds is 6. The Bertz CT molecular complexity index is 375. The number of hydrogen-bond donors (Lipinski definition) is 1. The lowest BCUT2D eigenvalue weighted by Crippen LogP contribution is -2.46. The first-order chi connectivity index (χ1) is 8.36. The van der Waals surface area contributed by atoms with Gasteiger partial charge in [0.25, 0.3) is 0 Å². The smallest absolute Gasteiger partial charge is 0.240 e. The van der Waals surface area contributed by atoms with Crippen LogP contribution >= 0.6 is 0 Å². The van der Waals surface area contributed by atoms with Crippen LogP contribution in [-0.2, 0) is 14.6 Å². The second kappa shape index (κ2) is 6.52. The average molecular weight is 276 g/mol. The number of nitrogens with zero attached hydrogens (tertiary/aromatic N) is 1. The topological polar surface area (TPSA) is 66.5 Å². The van der Waals surface area contributed by atoms with Gasteiger partial charge in [0.15, 0.2) is 9.84 Å². The molecule has 106 valence electrons. The summed E-state index contributed by atoms with van der Waals surface area (Å²) in [6, 6.07) is 0.312. The second-order valence-electron chi connectivity index (χ2n) is 5.05. The molecule has 1 heterocycles. The summed E-state index contributed by atoms with van der Waals surface area (Å²) in [5.41, 5.74) is 0. The van der Waals surface area contributed by atoms with Gasteiger partial charge in [-0.2, -0.15) is 0 Å². The van der Waals surface area contributed by atoms with Crippen LogP contribution in [0.3, 0.4) is 0 Å². The van der Waals surface area contributed by atoms with Crippen molar-refractivity contribution in [1.29, 1.82) is 0 Å². The normalized spacial score (nSPS) is 21.8. The van der Waals surface area contributed by atoms with E-state index in [1.165, 1.54) is 6.92 Å². The maximum atomic E-state index is 12.2. The van der Waals surface area contributed by atoms with E-state index in [1.807, 2.05) is 6.92 Å². The SMILES string of the molecule is CCCN(CC1CCCN1)C(=O)C(C)S(C)(=O)=O. The van der Waals surface area contributed by atoms with Gasteiger partial charge in [0.05, 0.1) is 0 Å². The van der Waals surface area contributed by atoms with Gasteiger partial charge in [-0.05, 0) is 32.7 Å². The summed E-state index contributed by atoms with van der Waals surface area (Å²) in [6.07, 6.45) is 4.14. The van der Waals surface area contributed by atoms with E-state index in [-0.39, 0.29) is 5.91 Å². The molecule has 0 aliphatic carbocycles. The Kier molecular flexibility index (Phi) is 5.59. The Labute approximate surface area is 110 Å². The van der Waals surface area contributed by atoms with Gasteiger partial charge in [0, 0.05) is 25.4 Å². The molecular weight excluding hydrogens is 252 g/mol. The van der Waals surface area contributed by atoms with Gasteiger partial charge in [0.1, 0.15) is 5.25 Å². The summed E-state index contributed by atoms with van der Waals surface area (Å²) in [5, 5.41) is 2.40. The minimum Gasteiger partial charge on any atom is -0.340 e. The molecule has 0 aromatic heterocycles. The number of nitrogens with one attached hydrogen (secondary N) is 1. The van der Waals surface area contributed by atoms with Crippen LogP contribution in [0.15, 0.2) is 0 Å². The van der Waals surface area contributed by atoms with Gasteiger partial charge in [0.2, 0.25) is 5.91 Å². The Balaban J connectivity index is 2.67. The van der Waals surface area contributed by atoms with Crippen LogP contribution in [0.2, 0.25) is 0 Å². The van der Waals surface area contributed by atoms with E-state index in [1.54, 1.807) is 4.90 Å². The summed E-state index contributed by atoms with van der Waals surface area (Å²) in [5.74, 6) is -0.270. The molecule has 0 radical (unpaired) electrons. The van der Waals surface area contributed by atoms with Crippen LogP contribution in [0.25, 0.3) is 0 Å². The van der Waals surface area contributed by atoms with Crippen molar-refractivity contribution in [1.82, 2.24) is 10.2 Å². The number of carbonyl (C=O) groups is 1. The summed E-state index contributed by atoms with van der Waals surface area (Å²) in [6.45, 7) is 5.69. The number of sulfone groups is 1. The van der Waals surface area contributed by atoms with Gasteiger partial charge in [-0.1, -0.05) is 6.92 Å². The molecule has 0 saturated carbocycles. The molecule has 1 fully saturated rings. The van der Waals surface area contributed by atoms with Crippen molar-refractivity contribution in [2.75, 3.05) is 25.9 Å². The van der Waals surface area contributed by atoms with Crippen molar-refractivity contribution in [3.05, 3.63) is 0 Å². The molecule has 0 bridgehead atoms. The third-order valence-electron chi connectivity index (χ3n) is 3.40. The highest BCUT2D eigenvalue weighted by molar-refractivity contribution is 7.92. The molecule has 2 unspecified atom stereocenters. The predicted octanol–water partition coefficient (Wildman–Crippen LogP) is 0.410. The molecule has 1 aliphatic rings. The zero-order valence-corrected chi connectivity index (χ0v) is 12.3. The minimum atomic E-state index is -3.31. The first kappa shape index (κ1) is 15.4. The fourth-order valence-electron chi connectivity index (χ4n) is 2.18. The predicted molar refractivity (Wildman–Crippen MR) is 72.2 cm³/mol. The van der Waals surface area contributed by atoms with E-state index >= 15 is 0 Å². The maximum absolute atomic E-state index is 12.2. The Morgan fingerprint density at radius 1 is 1.50 bits per heavy atom. The number of carbonyl (C=O) groups excluding carboxylic acids is 1. The molecule has 18 heavy (non-hydrogen) atoms. The van der Waals surface area contributed by atoms with Gasteiger partial charge in [-0.15, -0.1) is 0 Å². The van der Waals surface area contributed by atoms with Crippen molar-refractivity contribution in [3.63, 3.8) is 0 Å². The van der Waals surface area contributed by atoms with Crippen LogP contribution in [0.1, 0.15) is 33.1 Å². The molecule has 1 N–H and O–H groups in total. The minimum absolute atomic E-state index is 0.270. The monoisotopic (exact) mass is 276 g/mol. The summed E-state index contributed by atoms with van der Waals surface area (Å²) < 4.78 is 22.9. The molecule has 5 nitrogen and oxygen atoms in total. The largest absolute Gasteiger partial charge is 0.340 e. The lowest BCUT2D eigenvalue weighted by molar-refractivity contribution is -0.130. The molecule has 1 saturated heterocycles. The van der Waals surface area contributed by atoms with Crippen molar-refractivity contribution >= 4 is 15.7 Å². The quantitative estimate of drug-likeness (QED) is 0.763. The molecule has 0 aromatic rings. The van der Waals surface area contributed by atoms with Gasteiger partial charge >= 0.3 is 0 Å². The Hall–Kier alpha value is -0.620. The third kappa shape index (κ3) is 4.24. The third-order valence-corrected chi connectivity index (χ3v) is 4.88. The van der Waals surface area contributed by atoms with Crippen molar-refractivity contribution in [2.24, 2.45) is 0 Å². The highest BCUT2D eigenvalue weighted by Gasteiger charge is 2.29. The van der Waals surface area contributed by atoms with Crippen molar-refractivity contribution in [2.45, 2.75) is 44.4 Å². The van der Waals surface area contributed by atoms with Crippen molar-refractivity contribution < 1.29 is 13.2 Å². The molecule has 0 aromatic carbocycles. The Morgan fingerprint density at radius 2 is 2.17 bits per heavy atom. The van der Waals surface area contributed by atoms with Crippen molar-refractivity contribution in [3.8, 4) is 0 Å². The molecule has 1 rings (SSSR count). The van der Waals surface area contributed by atoms with Crippen LogP contribution in [0.5, 0.6) is 0 Å². The standard InChI is InChI=1S/C12H24N2O3S/c1-4-8-14(9-11-6-5-7-13-11)12(15)10(2)18(3,16)17/h10-11,13H,4-9H2,1-3H3. The molecule has 0 spiro atoms. The summed E-state index contributed by atoms with van der Waals surface area (Å²) in [7, 11) is -3.31. The molecule has 1 aliphatic heterocycles. The van der Waals surface area contributed by atoms with E-state index in [9.17, 15) is 13.2 Å². The summed E-state index contributed by atoms with van der Waals surface area (Å²) in [4.78, 5) is 13.9. The highest BCUT2D eigenvalue weighted by atomic mass is 32.2. The maximum Gasteiger partial charge on any atom is 0.240 e. The second-order valence-corrected chi connectivity index (χ2v) is 7.42. The highest BCUT2D eigenvalue weighted by Crippen LogP contribution is 2.11. The molecule has 2 atom stereocenters. The molecule has 6 heteroatoms. The summed E-state index contributed by atoms with van der Waals surface area (Å²) >= 11 is 0. The van der Waals surface area contributed by atoms with Gasteiger partial charge < -0.3 is 10.2 Å². The first-order valence-electron chi connectivity index (χ1n) is 6.57. The van der Waals surface area contributed by atoms with E-state index in [4.69, 9.17) is 0 Å². The zero-order chi connectivity index (χ0) is 13.8. The van der Waals surface area contributed by atoms with E-state index < -0.39 is 15.1 Å². The van der Waals surface area contributed by atoms with E-state index in [2.05, 4.69) is 5.32 Å². The fourth-order valence-corrected chi connectivity index (χ4v) is 2.70. The molecular formula is C12H24N2O3S. The van der Waals surface area contributed by atoms with Crippen LogP contribution in [0, 0.1) is 0 Å². The average Bonchev–Trinajstić information content (AvgIpc) is 2.78. The zero-order valence-electron chi connectivity index (χ0n) is 11.5. The van der Waals surface area contributed by atoms with Crippen LogP contribution in [0.4, 0.5) is 0 Å². The number of hydrogen-bond acceptors (Lipinski definition) is 4. The van der Waals surface area contributed by atoms with E-state index in [0.29, 0.717) is 19.1 Å². The lowest BCUT2D eigenvalue weighted by Gasteiger charge is -2.27. The van der Waals surface area contributed by atoms with E-state index in [0.717, 1.165) is 32.1 Å². The number of amides is 1. The lowest BCUT2D eigenvalue weighted by atomic mass is 10.2. The van der Waals surface area contributed by atoms with Gasteiger partial charge in [-0.25, -0.2) is 8.42 Å². The Morgan fingerprint density at radius 3 is 2.61 bits per heavy atom. The first-order valence-corrected chi connectivity index (χ1v) is 8.52.